The molecule has 0 aromatic heterocycles. The highest BCUT2D eigenvalue weighted by molar-refractivity contribution is 5.40. The Kier molecular flexibility index (Phi) is 5.84. The van der Waals surface area contributed by atoms with Gasteiger partial charge in [0, 0.05) is 6.07 Å². The first-order chi connectivity index (χ1) is 8.21. The van der Waals surface area contributed by atoms with Gasteiger partial charge in [0.05, 0.1) is 14.2 Å². The van der Waals surface area contributed by atoms with Crippen LogP contribution in [0, 0.1) is 5.92 Å². The topological polar surface area (TPSA) is 30.5 Å². The highest BCUT2D eigenvalue weighted by Crippen LogP contribution is 2.26. The third kappa shape index (κ3) is 4.27. The van der Waals surface area contributed by atoms with Crippen molar-refractivity contribution in [1.29, 1.82) is 0 Å². The third-order valence-electron chi connectivity index (χ3n) is 2.81. The summed E-state index contributed by atoms with van der Waals surface area (Å²) in [4.78, 5) is 0. The molecule has 1 atom stereocenters. The van der Waals surface area contributed by atoms with Gasteiger partial charge in [0.1, 0.15) is 11.5 Å². The number of methoxy groups -OCH3 is 2. The third-order valence-corrected chi connectivity index (χ3v) is 2.81. The summed E-state index contributed by atoms with van der Waals surface area (Å²) in [6.07, 6.45) is 1.01. The lowest BCUT2D eigenvalue weighted by molar-refractivity contribution is 0.388. The first-order valence-corrected chi connectivity index (χ1v) is 6.12. The lowest BCUT2D eigenvalue weighted by Gasteiger charge is -2.15. The summed E-state index contributed by atoms with van der Waals surface area (Å²) in [6.45, 7) is 6.42. The molecule has 3 nitrogen and oxygen atoms in total. The second kappa shape index (κ2) is 7.17. The van der Waals surface area contributed by atoms with Crippen LogP contribution in [0.1, 0.15) is 19.4 Å². The van der Waals surface area contributed by atoms with E-state index < -0.39 is 0 Å². The van der Waals surface area contributed by atoms with Gasteiger partial charge in [-0.3, -0.25) is 0 Å². The van der Waals surface area contributed by atoms with E-state index in [4.69, 9.17) is 9.47 Å². The Labute approximate surface area is 104 Å². The fourth-order valence-corrected chi connectivity index (χ4v) is 1.86. The van der Waals surface area contributed by atoms with Gasteiger partial charge >= 0.3 is 0 Å². The van der Waals surface area contributed by atoms with Crippen molar-refractivity contribution < 1.29 is 9.47 Å². The van der Waals surface area contributed by atoms with E-state index in [1.165, 1.54) is 5.56 Å². The van der Waals surface area contributed by atoms with Crippen LogP contribution in [0.4, 0.5) is 0 Å². The van der Waals surface area contributed by atoms with Crippen LogP contribution >= 0.6 is 0 Å². The molecule has 0 aliphatic carbocycles. The predicted octanol–water partition coefficient (Wildman–Crippen LogP) is 2.49. The Balaban J connectivity index is 2.69. The molecular weight excluding hydrogens is 214 g/mol. The van der Waals surface area contributed by atoms with Crippen molar-refractivity contribution in [2.45, 2.75) is 20.3 Å². The number of benzene rings is 1. The lowest BCUT2D eigenvalue weighted by Crippen LogP contribution is -2.22. The van der Waals surface area contributed by atoms with Gasteiger partial charge in [-0.05, 0) is 37.1 Å². The Bertz CT molecular complexity index is 339. The molecule has 3 heteroatoms. The molecule has 0 heterocycles. The minimum atomic E-state index is 0.595. The summed E-state index contributed by atoms with van der Waals surface area (Å²) >= 11 is 0. The van der Waals surface area contributed by atoms with Crippen LogP contribution < -0.4 is 14.8 Å². The first kappa shape index (κ1) is 13.8. The van der Waals surface area contributed by atoms with Gasteiger partial charge in [0.25, 0.3) is 0 Å². The van der Waals surface area contributed by atoms with E-state index in [-0.39, 0.29) is 0 Å². The molecule has 0 radical (unpaired) electrons. The molecule has 0 aliphatic rings. The standard InChI is InChI=1S/C14H23NO2/c1-5-15-10-11(2)8-12-6-7-13(16-3)9-14(12)17-4/h6-7,9,11,15H,5,8,10H2,1-4H3. The molecular formula is C14H23NO2. The summed E-state index contributed by atoms with van der Waals surface area (Å²) < 4.78 is 10.6. The molecule has 17 heavy (non-hydrogen) atoms. The number of hydrogen-bond acceptors (Lipinski definition) is 3. The zero-order valence-electron chi connectivity index (χ0n) is 11.2. The molecule has 1 N–H and O–H groups in total. The summed E-state index contributed by atoms with van der Waals surface area (Å²) in [5.41, 5.74) is 1.23. The minimum absolute atomic E-state index is 0.595. The minimum Gasteiger partial charge on any atom is -0.497 e. The van der Waals surface area contributed by atoms with Crippen LogP contribution in [-0.2, 0) is 6.42 Å². The van der Waals surface area contributed by atoms with Gasteiger partial charge in [0.2, 0.25) is 0 Å². The van der Waals surface area contributed by atoms with Crippen molar-refractivity contribution >= 4 is 0 Å². The monoisotopic (exact) mass is 237 g/mol. The maximum atomic E-state index is 5.39. The second-order valence-electron chi connectivity index (χ2n) is 4.29. The van der Waals surface area contributed by atoms with Crippen LogP contribution in [0.25, 0.3) is 0 Å². The van der Waals surface area contributed by atoms with E-state index in [2.05, 4.69) is 25.2 Å². The lowest BCUT2D eigenvalue weighted by atomic mass is 10.00. The van der Waals surface area contributed by atoms with Crippen molar-refractivity contribution in [2.75, 3.05) is 27.3 Å². The molecule has 0 aliphatic heterocycles. The largest absolute Gasteiger partial charge is 0.497 e. The molecule has 0 amide bonds. The average molecular weight is 237 g/mol. The van der Waals surface area contributed by atoms with Gasteiger partial charge in [-0.25, -0.2) is 0 Å². The quantitative estimate of drug-likeness (QED) is 0.790. The molecule has 0 fully saturated rings. The number of hydrogen-bond donors (Lipinski definition) is 1. The number of nitrogens with one attached hydrogen (secondary N) is 1. The van der Waals surface area contributed by atoms with E-state index in [1.54, 1.807) is 14.2 Å². The molecule has 0 saturated carbocycles. The van der Waals surface area contributed by atoms with Crippen molar-refractivity contribution in [3.8, 4) is 11.5 Å². The van der Waals surface area contributed by atoms with Gasteiger partial charge in [0.15, 0.2) is 0 Å². The van der Waals surface area contributed by atoms with Crippen LogP contribution in [0.3, 0.4) is 0 Å². The molecule has 0 bridgehead atoms. The van der Waals surface area contributed by atoms with Crippen LogP contribution in [0.2, 0.25) is 0 Å². The van der Waals surface area contributed by atoms with E-state index in [0.29, 0.717) is 5.92 Å². The first-order valence-electron chi connectivity index (χ1n) is 6.12. The van der Waals surface area contributed by atoms with Crippen molar-refractivity contribution in [3.63, 3.8) is 0 Å². The van der Waals surface area contributed by atoms with Crippen molar-refractivity contribution in [2.24, 2.45) is 5.92 Å². The molecule has 1 aromatic carbocycles. The Hall–Kier alpha value is -1.22. The van der Waals surface area contributed by atoms with Crippen LogP contribution in [-0.4, -0.2) is 27.3 Å². The summed E-state index contributed by atoms with van der Waals surface area (Å²) in [7, 11) is 3.37. The molecule has 0 saturated heterocycles. The van der Waals surface area contributed by atoms with Gasteiger partial charge in [-0.1, -0.05) is 19.9 Å². The number of rotatable bonds is 7. The van der Waals surface area contributed by atoms with E-state index >= 15 is 0 Å². The normalized spacial score (nSPS) is 12.2. The summed E-state index contributed by atoms with van der Waals surface area (Å²) in [6, 6.07) is 6.01. The second-order valence-corrected chi connectivity index (χ2v) is 4.29. The smallest absolute Gasteiger partial charge is 0.125 e. The Morgan fingerprint density at radius 1 is 1.24 bits per heavy atom. The summed E-state index contributed by atoms with van der Waals surface area (Å²) in [5.74, 6) is 2.34. The highest BCUT2D eigenvalue weighted by atomic mass is 16.5. The van der Waals surface area contributed by atoms with Crippen LogP contribution in [0.15, 0.2) is 18.2 Å². The maximum absolute atomic E-state index is 5.39. The van der Waals surface area contributed by atoms with E-state index in [1.807, 2.05) is 12.1 Å². The van der Waals surface area contributed by atoms with Gasteiger partial charge in [-0.2, -0.15) is 0 Å². The molecule has 1 unspecified atom stereocenters. The SMILES string of the molecule is CCNCC(C)Cc1ccc(OC)cc1OC. The van der Waals surface area contributed by atoms with E-state index in [0.717, 1.165) is 31.0 Å². The fraction of sp³-hybridized carbons (Fsp3) is 0.571. The van der Waals surface area contributed by atoms with Crippen molar-refractivity contribution in [1.82, 2.24) is 5.32 Å². The van der Waals surface area contributed by atoms with Crippen molar-refractivity contribution in [3.05, 3.63) is 23.8 Å². The van der Waals surface area contributed by atoms with E-state index in [9.17, 15) is 0 Å². The highest BCUT2D eigenvalue weighted by Gasteiger charge is 2.09. The zero-order chi connectivity index (χ0) is 12.7. The van der Waals surface area contributed by atoms with Gasteiger partial charge in [-0.15, -0.1) is 0 Å². The predicted molar refractivity (Wildman–Crippen MR) is 71.0 cm³/mol. The van der Waals surface area contributed by atoms with Crippen LogP contribution in [0.5, 0.6) is 11.5 Å². The summed E-state index contributed by atoms with van der Waals surface area (Å²) in [5, 5.41) is 3.36. The maximum Gasteiger partial charge on any atom is 0.125 e. The zero-order valence-corrected chi connectivity index (χ0v) is 11.2. The Morgan fingerprint density at radius 2 is 2.00 bits per heavy atom. The Morgan fingerprint density at radius 3 is 2.59 bits per heavy atom. The van der Waals surface area contributed by atoms with Gasteiger partial charge < -0.3 is 14.8 Å². The molecule has 1 rings (SSSR count). The molecule has 96 valence electrons. The molecule has 1 aromatic rings. The fourth-order valence-electron chi connectivity index (χ4n) is 1.86. The number of ether oxygens (including phenoxy) is 2. The molecule has 0 spiro atoms. The average Bonchev–Trinajstić information content (AvgIpc) is 2.36.